The lowest BCUT2D eigenvalue weighted by Gasteiger charge is -2.33. The predicted octanol–water partition coefficient (Wildman–Crippen LogP) is 1.67. The number of hydrogen-bond acceptors (Lipinski definition) is 7. The van der Waals surface area contributed by atoms with E-state index >= 15 is 0 Å². The second-order valence-corrected chi connectivity index (χ2v) is 11.3. The molecule has 234 valence electrons. The van der Waals surface area contributed by atoms with Crippen LogP contribution in [0.15, 0.2) is 85.1 Å². The van der Waals surface area contributed by atoms with Gasteiger partial charge in [0.15, 0.2) is 0 Å². The van der Waals surface area contributed by atoms with Gasteiger partial charge < -0.3 is 32.2 Å². The van der Waals surface area contributed by atoms with Crippen LogP contribution in [0.4, 0.5) is 0 Å². The fraction of sp³-hybridized carbons (Fsp3) is 0.294. The number of benzene rings is 3. The molecule has 2 heterocycles. The van der Waals surface area contributed by atoms with E-state index in [1.807, 2.05) is 54.6 Å². The standard InChI is InChI=1S/C34H38N6O5/c35-16-6-11-30-32(43)38-28(19-23-20-37-27-10-5-4-9-25(23)27)31(42)39-29(18-21-7-2-1-3-8-21)34(45)40(30)33(44)26(36)17-22-12-14-24(41)15-13-22/h1-5,7-10,12-15,20,26,28-30,37,41H,6,11,16-19,35-36H2,(H,38,43)(H,39,42)/t26-,28-,29-,30+/m0/s1. The lowest BCUT2D eigenvalue weighted by Crippen LogP contribution is -2.60. The monoisotopic (exact) mass is 610 g/mol. The summed E-state index contributed by atoms with van der Waals surface area (Å²) in [5.74, 6) is -2.57. The number of phenols is 1. The van der Waals surface area contributed by atoms with Crippen LogP contribution in [0.3, 0.4) is 0 Å². The number of nitrogens with one attached hydrogen (secondary N) is 3. The number of aromatic nitrogens is 1. The molecule has 0 radical (unpaired) electrons. The number of carbonyl (C=O) groups excluding carboxylic acids is 4. The molecule has 4 atom stereocenters. The van der Waals surface area contributed by atoms with Crippen molar-refractivity contribution >= 4 is 34.5 Å². The largest absolute Gasteiger partial charge is 0.508 e. The first-order valence-corrected chi connectivity index (χ1v) is 15.0. The number of fused-ring (bicyclic) bond motifs is 1. The molecule has 0 unspecified atom stereocenters. The van der Waals surface area contributed by atoms with Crippen LogP contribution in [0, 0.1) is 0 Å². The van der Waals surface area contributed by atoms with Crippen LogP contribution in [-0.4, -0.2) is 69.3 Å². The number of phenolic OH excluding ortho intramolecular Hbond substituents is 1. The highest BCUT2D eigenvalue weighted by Crippen LogP contribution is 2.22. The summed E-state index contributed by atoms with van der Waals surface area (Å²) in [4.78, 5) is 60.3. The third kappa shape index (κ3) is 7.39. The van der Waals surface area contributed by atoms with Crippen molar-refractivity contribution in [1.82, 2.24) is 20.5 Å². The average Bonchev–Trinajstić information content (AvgIpc) is 3.46. The van der Waals surface area contributed by atoms with Crippen LogP contribution >= 0.6 is 0 Å². The maximum Gasteiger partial charge on any atom is 0.252 e. The summed E-state index contributed by atoms with van der Waals surface area (Å²) in [6.07, 6.45) is 2.56. The minimum absolute atomic E-state index is 0.0625. The number of imide groups is 1. The van der Waals surface area contributed by atoms with Crippen LogP contribution in [0.5, 0.6) is 5.75 Å². The fourth-order valence-electron chi connectivity index (χ4n) is 5.74. The molecule has 0 saturated carbocycles. The molecule has 0 aliphatic carbocycles. The first-order valence-electron chi connectivity index (χ1n) is 15.0. The van der Waals surface area contributed by atoms with E-state index in [0.29, 0.717) is 12.0 Å². The second-order valence-electron chi connectivity index (χ2n) is 11.3. The van der Waals surface area contributed by atoms with Crippen LogP contribution in [0.25, 0.3) is 10.9 Å². The minimum atomic E-state index is -1.24. The van der Waals surface area contributed by atoms with E-state index in [1.165, 1.54) is 12.1 Å². The molecular formula is C34H38N6O5. The Morgan fingerprint density at radius 1 is 0.844 bits per heavy atom. The molecule has 3 aromatic carbocycles. The molecule has 8 N–H and O–H groups in total. The van der Waals surface area contributed by atoms with Crippen LogP contribution in [0.2, 0.25) is 0 Å². The topological polar surface area (TPSA) is 184 Å². The van der Waals surface area contributed by atoms with Gasteiger partial charge in [-0.15, -0.1) is 0 Å². The van der Waals surface area contributed by atoms with E-state index in [4.69, 9.17) is 11.5 Å². The van der Waals surface area contributed by atoms with Gasteiger partial charge in [0.25, 0.3) is 5.91 Å². The number of nitrogens with two attached hydrogens (primary N) is 2. The second kappa shape index (κ2) is 14.2. The molecule has 11 heteroatoms. The van der Waals surface area contributed by atoms with Crippen LogP contribution in [-0.2, 0) is 38.4 Å². The molecular weight excluding hydrogens is 572 g/mol. The van der Waals surface area contributed by atoms with Crippen molar-refractivity contribution < 1.29 is 24.3 Å². The van der Waals surface area contributed by atoms with Crippen molar-refractivity contribution in [1.29, 1.82) is 0 Å². The molecule has 1 aromatic heterocycles. The molecule has 45 heavy (non-hydrogen) atoms. The summed E-state index contributed by atoms with van der Waals surface area (Å²) in [6.45, 7) is 0.225. The molecule has 1 aliphatic heterocycles. The van der Waals surface area contributed by atoms with Crippen molar-refractivity contribution in [2.24, 2.45) is 11.5 Å². The van der Waals surface area contributed by atoms with Gasteiger partial charge in [-0.05, 0) is 60.7 Å². The molecule has 4 amide bonds. The van der Waals surface area contributed by atoms with Gasteiger partial charge in [-0.1, -0.05) is 60.7 Å². The highest BCUT2D eigenvalue weighted by Gasteiger charge is 2.43. The van der Waals surface area contributed by atoms with Crippen molar-refractivity contribution in [3.05, 3.63) is 102 Å². The Bertz CT molecular complexity index is 1650. The summed E-state index contributed by atoms with van der Waals surface area (Å²) in [5.41, 5.74) is 15.3. The quantitative estimate of drug-likeness (QED) is 0.158. The number of hydrogen-bond donors (Lipinski definition) is 6. The first-order chi connectivity index (χ1) is 21.7. The number of amides is 4. The smallest absolute Gasteiger partial charge is 0.252 e. The number of aromatic amines is 1. The third-order valence-corrected chi connectivity index (χ3v) is 8.11. The van der Waals surface area contributed by atoms with Gasteiger partial charge in [-0.3, -0.25) is 24.1 Å². The van der Waals surface area contributed by atoms with Gasteiger partial charge in [0, 0.05) is 29.9 Å². The maximum absolute atomic E-state index is 14.3. The van der Waals surface area contributed by atoms with Crippen molar-refractivity contribution in [2.75, 3.05) is 6.54 Å². The van der Waals surface area contributed by atoms with Crippen LogP contribution in [0.1, 0.15) is 29.5 Å². The lowest BCUT2D eigenvalue weighted by atomic mass is 9.99. The Hall–Kier alpha value is -5.00. The van der Waals surface area contributed by atoms with Crippen molar-refractivity contribution in [3.63, 3.8) is 0 Å². The van der Waals surface area contributed by atoms with E-state index in [2.05, 4.69) is 15.6 Å². The van der Waals surface area contributed by atoms with E-state index < -0.39 is 47.8 Å². The van der Waals surface area contributed by atoms with E-state index in [9.17, 15) is 24.3 Å². The average molecular weight is 611 g/mol. The Labute approximate surface area is 261 Å². The highest BCUT2D eigenvalue weighted by atomic mass is 16.3. The zero-order valence-corrected chi connectivity index (χ0v) is 24.8. The molecule has 0 bridgehead atoms. The Morgan fingerprint density at radius 2 is 1.53 bits per heavy atom. The van der Waals surface area contributed by atoms with Gasteiger partial charge in [-0.25, -0.2) is 0 Å². The molecule has 5 rings (SSSR count). The SMILES string of the molecule is NCCC[C@@H]1C(=O)N[C@@H](Cc2c[nH]c3ccccc23)C(=O)N[C@@H](Cc2ccccc2)C(=O)N1C(=O)[C@@H](N)Cc1ccc(O)cc1. The number of para-hydroxylation sites is 1. The van der Waals surface area contributed by atoms with Gasteiger partial charge in [0.2, 0.25) is 17.7 Å². The predicted molar refractivity (Wildman–Crippen MR) is 170 cm³/mol. The summed E-state index contributed by atoms with van der Waals surface area (Å²) in [7, 11) is 0. The normalized spacial score (nSPS) is 19.7. The Morgan fingerprint density at radius 3 is 2.27 bits per heavy atom. The fourth-order valence-corrected chi connectivity index (χ4v) is 5.74. The number of H-pyrrole nitrogens is 1. The molecule has 11 nitrogen and oxygen atoms in total. The summed E-state index contributed by atoms with van der Waals surface area (Å²) in [5, 5.41) is 16.2. The van der Waals surface area contributed by atoms with Gasteiger partial charge >= 0.3 is 0 Å². The zero-order valence-electron chi connectivity index (χ0n) is 24.8. The first kappa shape index (κ1) is 31.4. The molecule has 1 saturated heterocycles. The third-order valence-electron chi connectivity index (χ3n) is 8.11. The minimum Gasteiger partial charge on any atom is -0.508 e. The summed E-state index contributed by atoms with van der Waals surface area (Å²) >= 11 is 0. The molecule has 1 aliphatic rings. The zero-order chi connectivity index (χ0) is 31.9. The van der Waals surface area contributed by atoms with E-state index in [1.54, 1.807) is 18.3 Å². The van der Waals surface area contributed by atoms with E-state index in [-0.39, 0.29) is 38.0 Å². The highest BCUT2D eigenvalue weighted by molar-refractivity contribution is 6.06. The summed E-state index contributed by atoms with van der Waals surface area (Å²) < 4.78 is 0. The maximum atomic E-state index is 14.3. The lowest BCUT2D eigenvalue weighted by molar-refractivity contribution is -0.154. The Balaban J connectivity index is 1.52. The number of carbonyl (C=O) groups is 4. The van der Waals surface area contributed by atoms with Crippen molar-refractivity contribution in [3.8, 4) is 5.75 Å². The summed E-state index contributed by atoms with van der Waals surface area (Å²) in [6, 6.07) is 18.4. The van der Waals surface area contributed by atoms with Gasteiger partial charge in [0.1, 0.15) is 23.9 Å². The van der Waals surface area contributed by atoms with E-state index in [0.717, 1.165) is 26.9 Å². The number of nitrogens with zero attached hydrogens (tertiary/aromatic N) is 1. The number of aromatic hydroxyl groups is 1. The van der Waals surface area contributed by atoms with Gasteiger partial charge in [-0.2, -0.15) is 0 Å². The van der Waals surface area contributed by atoms with Gasteiger partial charge in [0.05, 0.1) is 6.04 Å². The number of rotatable bonds is 10. The van der Waals surface area contributed by atoms with Crippen LogP contribution < -0.4 is 22.1 Å². The van der Waals surface area contributed by atoms with Crippen molar-refractivity contribution in [2.45, 2.75) is 56.3 Å². The molecule has 0 spiro atoms. The molecule has 1 fully saturated rings. The molecule has 4 aromatic rings. The Kier molecular flexibility index (Phi) is 9.91.